The molecule has 1 saturated heterocycles. The fourth-order valence-electron chi connectivity index (χ4n) is 4.39. The number of rotatable bonds is 7. The molecule has 10 nitrogen and oxygen atoms in total. The third-order valence-electron chi connectivity index (χ3n) is 6.27. The molecule has 4 N–H and O–H groups in total. The van der Waals surface area contributed by atoms with E-state index >= 15 is 0 Å². The summed E-state index contributed by atoms with van der Waals surface area (Å²) in [4.78, 5) is 30.0. The molecule has 4 rings (SSSR count). The van der Waals surface area contributed by atoms with E-state index in [-0.39, 0.29) is 40.8 Å². The number of nitrogens with zero attached hydrogens (tertiary/aromatic N) is 3. The van der Waals surface area contributed by atoms with E-state index in [9.17, 15) is 31.2 Å². The van der Waals surface area contributed by atoms with Gasteiger partial charge in [0.25, 0.3) is 15.9 Å². The first-order chi connectivity index (χ1) is 17.4. The van der Waals surface area contributed by atoms with Crippen LogP contribution in [0, 0.1) is 5.92 Å². The van der Waals surface area contributed by atoms with Crippen LogP contribution in [0.4, 0.5) is 23.7 Å². The fourth-order valence-corrected chi connectivity index (χ4v) is 5.72. The number of halogens is 3. The lowest BCUT2D eigenvalue weighted by molar-refractivity contribution is -0.123. The van der Waals surface area contributed by atoms with Crippen molar-refractivity contribution in [3.8, 4) is 0 Å². The van der Waals surface area contributed by atoms with E-state index in [0.29, 0.717) is 11.8 Å². The van der Waals surface area contributed by atoms with Crippen LogP contribution in [0.5, 0.6) is 0 Å². The molecular weight excluding hydrogens is 513 g/mol. The Morgan fingerprint density at radius 1 is 1.16 bits per heavy atom. The van der Waals surface area contributed by atoms with Crippen molar-refractivity contribution in [1.82, 2.24) is 19.2 Å². The normalized spacial score (nSPS) is 18.2. The predicted molar refractivity (Wildman–Crippen MR) is 129 cm³/mol. The van der Waals surface area contributed by atoms with E-state index in [2.05, 4.69) is 10.3 Å². The molecule has 0 saturated carbocycles. The van der Waals surface area contributed by atoms with Crippen molar-refractivity contribution in [2.24, 2.45) is 11.7 Å². The minimum Gasteiger partial charge on any atom is -0.379 e. The number of carbonyl (C=O) groups excluding carboxylic acids is 2. The van der Waals surface area contributed by atoms with E-state index in [1.165, 1.54) is 35.5 Å². The van der Waals surface area contributed by atoms with Gasteiger partial charge in [0, 0.05) is 36.9 Å². The molecule has 2 aromatic heterocycles. The van der Waals surface area contributed by atoms with Crippen LogP contribution in [0.2, 0.25) is 0 Å². The number of alkyl halides is 3. The van der Waals surface area contributed by atoms with Gasteiger partial charge in [-0.25, -0.2) is 22.2 Å². The lowest BCUT2D eigenvalue weighted by atomic mass is 10.00. The SMILES string of the molecule is CCC1CN(C(=O)NCC(F)(F)F)CC1Nc1c(C(N)=O)cnc2c1ccn2S(=O)(=O)c1ccccc1. The zero-order valence-electron chi connectivity index (χ0n) is 19.7. The van der Waals surface area contributed by atoms with Crippen LogP contribution in [-0.2, 0) is 10.0 Å². The Labute approximate surface area is 210 Å². The van der Waals surface area contributed by atoms with E-state index in [1.807, 2.05) is 12.2 Å². The summed E-state index contributed by atoms with van der Waals surface area (Å²) >= 11 is 0. The number of urea groups is 1. The maximum atomic E-state index is 13.2. The number of pyridine rings is 1. The van der Waals surface area contributed by atoms with Gasteiger partial charge >= 0.3 is 12.2 Å². The standard InChI is InChI=1S/C23H25F3N6O4S/c1-2-14-11-31(22(34)29-13-23(24,25)26)12-18(14)30-19-16-8-9-32(21(16)28-10-17(19)20(27)33)37(35,36)15-6-4-3-5-7-15/h3-10,14,18H,2,11-13H2,1H3,(H2,27,33)(H,28,30)(H,29,34). The Bertz CT molecular complexity index is 1430. The highest BCUT2D eigenvalue weighted by Gasteiger charge is 2.37. The first-order valence-corrected chi connectivity index (χ1v) is 12.8. The van der Waals surface area contributed by atoms with Gasteiger partial charge in [0.1, 0.15) is 6.54 Å². The largest absolute Gasteiger partial charge is 0.405 e. The van der Waals surface area contributed by atoms with Crippen LogP contribution in [0.25, 0.3) is 11.0 Å². The number of carbonyl (C=O) groups is 2. The molecule has 0 spiro atoms. The highest BCUT2D eigenvalue weighted by molar-refractivity contribution is 7.90. The Kier molecular flexibility index (Phi) is 7.04. The van der Waals surface area contributed by atoms with Crippen molar-refractivity contribution in [3.63, 3.8) is 0 Å². The van der Waals surface area contributed by atoms with Crippen LogP contribution in [0.3, 0.4) is 0 Å². The van der Waals surface area contributed by atoms with Gasteiger partial charge in [0.15, 0.2) is 5.65 Å². The molecule has 0 bridgehead atoms. The summed E-state index contributed by atoms with van der Waals surface area (Å²) in [5.74, 6) is -0.961. The second-order valence-corrected chi connectivity index (χ2v) is 10.5. The zero-order chi connectivity index (χ0) is 27.0. The van der Waals surface area contributed by atoms with Gasteiger partial charge in [-0.15, -0.1) is 0 Å². The molecule has 3 amide bonds. The topological polar surface area (TPSA) is 139 Å². The number of benzene rings is 1. The molecule has 0 radical (unpaired) electrons. The Balaban J connectivity index is 1.68. The minimum absolute atomic E-state index is 0.0113. The third kappa shape index (κ3) is 5.33. The Morgan fingerprint density at radius 2 is 1.86 bits per heavy atom. The number of anilines is 1. The second-order valence-electron chi connectivity index (χ2n) is 8.68. The lowest BCUT2D eigenvalue weighted by Crippen LogP contribution is -2.43. The second kappa shape index (κ2) is 9.92. The van der Waals surface area contributed by atoms with Crippen LogP contribution in [-0.4, -0.2) is 66.1 Å². The van der Waals surface area contributed by atoms with Gasteiger partial charge in [0.05, 0.1) is 16.1 Å². The lowest BCUT2D eigenvalue weighted by Gasteiger charge is -2.22. The molecule has 2 unspecified atom stereocenters. The van der Waals surface area contributed by atoms with Crippen molar-refractivity contribution in [2.45, 2.75) is 30.5 Å². The van der Waals surface area contributed by atoms with Crippen LogP contribution in [0.1, 0.15) is 23.7 Å². The van der Waals surface area contributed by atoms with Gasteiger partial charge in [-0.05, 0) is 30.5 Å². The van der Waals surface area contributed by atoms with E-state index < -0.39 is 40.7 Å². The van der Waals surface area contributed by atoms with Crippen LogP contribution < -0.4 is 16.4 Å². The molecule has 0 aliphatic carbocycles. The molecular formula is C23H25F3N6O4S. The first-order valence-electron chi connectivity index (χ1n) is 11.4. The fraction of sp³-hybridized carbons (Fsp3) is 0.348. The van der Waals surface area contributed by atoms with Crippen molar-refractivity contribution >= 4 is 38.7 Å². The van der Waals surface area contributed by atoms with E-state index in [1.54, 1.807) is 18.2 Å². The van der Waals surface area contributed by atoms with Gasteiger partial charge in [0.2, 0.25) is 0 Å². The van der Waals surface area contributed by atoms with E-state index in [4.69, 9.17) is 5.73 Å². The number of amides is 3. The number of primary amides is 1. The average molecular weight is 539 g/mol. The molecule has 3 heterocycles. The molecule has 2 atom stereocenters. The monoisotopic (exact) mass is 538 g/mol. The Morgan fingerprint density at radius 3 is 2.49 bits per heavy atom. The van der Waals surface area contributed by atoms with Crippen LogP contribution >= 0.6 is 0 Å². The van der Waals surface area contributed by atoms with Crippen LogP contribution in [0.15, 0.2) is 53.7 Å². The summed E-state index contributed by atoms with van der Waals surface area (Å²) in [6.45, 7) is 0.683. The number of hydrogen-bond donors (Lipinski definition) is 3. The van der Waals surface area contributed by atoms with Gasteiger partial charge < -0.3 is 21.3 Å². The van der Waals surface area contributed by atoms with Gasteiger partial charge in [-0.3, -0.25) is 4.79 Å². The number of hydrogen-bond acceptors (Lipinski definition) is 6. The first kappa shape index (κ1) is 26.3. The number of likely N-dealkylation sites (tertiary alicyclic amines) is 1. The number of aromatic nitrogens is 2. The highest BCUT2D eigenvalue weighted by atomic mass is 32.2. The zero-order valence-corrected chi connectivity index (χ0v) is 20.5. The number of nitrogens with two attached hydrogens (primary N) is 1. The number of nitrogens with one attached hydrogen (secondary N) is 2. The molecule has 14 heteroatoms. The molecule has 198 valence electrons. The molecule has 3 aromatic rings. The quantitative estimate of drug-likeness (QED) is 0.423. The summed E-state index contributed by atoms with van der Waals surface area (Å²) in [6.07, 6.45) is -1.46. The molecule has 1 aromatic carbocycles. The molecule has 37 heavy (non-hydrogen) atoms. The summed E-state index contributed by atoms with van der Waals surface area (Å²) in [7, 11) is -4.00. The van der Waals surface area contributed by atoms with E-state index in [0.717, 1.165) is 3.97 Å². The molecule has 1 fully saturated rings. The van der Waals surface area contributed by atoms with Gasteiger partial charge in [-0.1, -0.05) is 25.1 Å². The van der Waals surface area contributed by atoms with Crippen molar-refractivity contribution in [2.75, 3.05) is 25.0 Å². The summed E-state index contributed by atoms with van der Waals surface area (Å²) < 4.78 is 65.0. The maximum Gasteiger partial charge on any atom is 0.405 e. The summed E-state index contributed by atoms with van der Waals surface area (Å²) in [6, 6.07) is 7.94. The summed E-state index contributed by atoms with van der Waals surface area (Å²) in [5.41, 5.74) is 5.87. The minimum atomic E-state index is -4.54. The Hall–Kier alpha value is -3.81. The molecule has 1 aliphatic heterocycles. The van der Waals surface area contributed by atoms with Crippen molar-refractivity contribution in [1.29, 1.82) is 0 Å². The average Bonchev–Trinajstić information content (AvgIpc) is 3.47. The smallest absolute Gasteiger partial charge is 0.379 e. The number of fused-ring (bicyclic) bond motifs is 1. The molecule has 1 aliphatic rings. The van der Waals surface area contributed by atoms with Gasteiger partial charge in [-0.2, -0.15) is 13.2 Å². The predicted octanol–water partition coefficient (Wildman–Crippen LogP) is 2.77. The van der Waals surface area contributed by atoms with Crippen molar-refractivity contribution in [3.05, 3.63) is 54.4 Å². The third-order valence-corrected chi connectivity index (χ3v) is 7.95. The highest BCUT2D eigenvalue weighted by Crippen LogP contribution is 2.32. The summed E-state index contributed by atoms with van der Waals surface area (Å²) in [5, 5.41) is 5.38. The van der Waals surface area contributed by atoms with Crippen molar-refractivity contribution < 1.29 is 31.2 Å². The maximum absolute atomic E-state index is 13.2.